The lowest BCUT2D eigenvalue weighted by Gasteiger charge is -2.11. The van der Waals surface area contributed by atoms with Gasteiger partial charge in [-0.15, -0.1) is 10.2 Å². The number of hydrogen-bond donors (Lipinski definition) is 1. The van der Waals surface area contributed by atoms with Crippen LogP contribution in [0.25, 0.3) is 17.1 Å². The first-order valence-electron chi connectivity index (χ1n) is 10.8. The molecule has 0 aliphatic rings. The third kappa shape index (κ3) is 6.39. The lowest BCUT2D eigenvalue weighted by atomic mass is 10.2. The summed E-state index contributed by atoms with van der Waals surface area (Å²) in [6, 6.07) is 20.0. The molecule has 0 radical (unpaired) electrons. The highest BCUT2D eigenvalue weighted by Gasteiger charge is 2.17. The van der Waals surface area contributed by atoms with Crippen molar-refractivity contribution in [3.8, 4) is 22.8 Å². The smallest absolute Gasteiger partial charge is 0.250 e. The van der Waals surface area contributed by atoms with Crippen LogP contribution in [0.5, 0.6) is 5.75 Å². The minimum Gasteiger partial charge on any atom is -0.494 e. The molecule has 1 aromatic heterocycles. The van der Waals surface area contributed by atoms with Crippen LogP contribution in [0.1, 0.15) is 12.5 Å². The Morgan fingerprint density at radius 2 is 1.72 bits per heavy atom. The van der Waals surface area contributed by atoms with E-state index in [9.17, 15) is 4.79 Å². The zero-order chi connectivity index (χ0) is 25.5. The second-order valence-electron chi connectivity index (χ2n) is 7.29. The van der Waals surface area contributed by atoms with Crippen molar-refractivity contribution in [2.45, 2.75) is 12.1 Å². The molecule has 184 valence electrons. The molecule has 1 N–H and O–H groups in total. The first kappa shape index (κ1) is 26.0. The summed E-state index contributed by atoms with van der Waals surface area (Å²) >= 11 is 19.5. The average Bonchev–Trinajstić information content (AvgIpc) is 3.29. The maximum absolute atomic E-state index is 12.5. The van der Waals surface area contributed by atoms with Gasteiger partial charge in [-0.1, -0.05) is 52.6 Å². The highest BCUT2D eigenvalue weighted by Crippen LogP contribution is 2.29. The molecule has 0 saturated carbocycles. The molecule has 36 heavy (non-hydrogen) atoms. The van der Waals surface area contributed by atoms with Crippen molar-refractivity contribution in [1.29, 1.82) is 0 Å². The Labute approximate surface area is 227 Å². The van der Waals surface area contributed by atoms with E-state index in [2.05, 4.69) is 20.7 Å². The molecule has 0 fully saturated rings. The van der Waals surface area contributed by atoms with Crippen molar-refractivity contribution in [3.05, 3.63) is 87.4 Å². The van der Waals surface area contributed by atoms with Gasteiger partial charge in [0, 0.05) is 21.8 Å². The quantitative estimate of drug-likeness (QED) is 0.143. The molecule has 0 unspecified atom stereocenters. The van der Waals surface area contributed by atoms with Crippen LogP contribution in [0.2, 0.25) is 15.1 Å². The van der Waals surface area contributed by atoms with Crippen molar-refractivity contribution in [3.63, 3.8) is 0 Å². The number of aromatic nitrogens is 3. The van der Waals surface area contributed by atoms with E-state index in [4.69, 9.17) is 39.5 Å². The second-order valence-corrected chi connectivity index (χ2v) is 9.49. The predicted molar refractivity (Wildman–Crippen MR) is 146 cm³/mol. The summed E-state index contributed by atoms with van der Waals surface area (Å²) in [6.07, 6.45) is 1.41. The Morgan fingerprint density at radius 3 is 2.39 bits per heavy atom. The van der Waals surface area contributed by atoms with Gasteiger partial charge in [0.2, 0.25) is 0 Å². The maximum Gasteiger partial charge on any atom is 0.250 e. The molecule has 0 atom stereocenters. The Balaban J connectivity index is 1.53. The van der Waals surface area contributed by atoms with Crippen LogP contribution in [-0.4, -0.2) is 39.2 Å². The molecule has 3 aromatic carbocycles. The molecule has 0 aliphatic heterocycles. The van der Waals surface area contributed by atoms with E-state index in [1.54, 1.807) is 30.3 Å². The number of halogens is 3. The highest BCUT2D eigenvalue weighted by atomic mass is 35.5. The van der Waals surface area contributed by atoms with Crippen LogP contribution in [0.4, 0.5) is 0 Å². The van der Waals surface area contributed by atoms with E-state index in [0.29, 0.717) is 38.2 Å². The molecule has 7 nitrogen and oxygen atoms in total. The Kier molecular flexibility index (Phi) is 8.88. The molecule has 0 spiro atoms. The zero-order valence-corrected chi connectivity index (χ0v) is 22.1. The van der Waals surface area contributed by atoms with Gasteiger partial charge in [-0.25, -0.2) is 5.43 Å². The number of amides is 1. The number of ether oxygens (including phenoxy) is 1. The molecular formula is C25H20Cl3N5O2S. The summed E-state index contributed by atoms with van der Waals surface area (Å²) in [7, 11) is 0. The van der Waals surface area contributed by atoms with E-state index in [1.807, 2.05) is 47.9 Å². The van der Waals surface area contributed by atoms with Gasteiger partial charge >= 0.3 is 0 Å². The summed E-state index contributed by atoms with van der Waals surface area (Å²) < 4.78 is 7.44. The molecule has 1 amide bonds. The SMILES string of the molecule is CCOc1ccc(-n2c(SCC(=O)N/N=C\c3c(Cl)cccc3Cl)nnc2-c2ccc(Cl)cc2)cc1. The first-order valence-corrected chi connectivity index (χ1v) is 12.9. The molecule has 0 saturated heterocycles. The summed E-state index contributed by atoms with van der Waals surface area (Å²) in [5.41, 5.74) is 4.66. The third-order valence-electron chi connectivity index (χ3n) is 4.86. The van der Waals surface area contributed by atoms with Crippen molar-refractivity contribution in [1.82, 2.24) is 20.2 Å². The van der Waals surface area contributed by atoms with Gasteiger partial charge in [-0.3, -0.25) is 9.36 Å². The zero-order valence-electron chi connectivity index (χ0n) is 19.0. The number of carbonyl (C=O) groups is 1. The van der Waals surface area contributed by atoms with E-state index in [-0.39, 0.29) is 11.7 Å². The van der Waals surface area contributed by atoms with Crippen LogP contribution < -0.4 is 10.2 Å². The van der Waals surface area contributed by atoms with Gasteiger partial charge in [0.25, 0.3) is 5.91 Å². The van der Waals surface area contributed by atoms with Crippen LogP contribution in [0.3, 0.4) is 0 Å². The molecule has 4 rings (SSSR count). The lowest BCUT2D eigenvalue weighted by Crippen LogP contribution is -2.20. The highest BCUT2D eigenvalue weighted by molar-refractivity contribution is 7.99. The molecule has 4 aromatic rings. The summed E-state index contributed by atoms with van der Waals surface area (Å²) in [4.78, 5) is 12.5. The molecule has 0 bridgehead atoms. The standard InChI is InChI=1S/C25H20Cl3N5O2S/c1-2-35-19-12-10-18(11-13-19)33-24(16-6-8-17(26)9-7-16)31-32-25(33)36-15-23(34)30-29-14-20-21(27)4-3-5-22(20)28/h3-14H,2,15H2,1H3,(H,30,34)/b29-14-. The molecular weight excluding hydrogens is 541 g/mol. The van der Waals surface area contributed by atoms with Gasteiger partial charge in [-0.2, -0.15) is 5.10 Å². The van der Waals surface area contributed by atoms with Crippen molar-refractivity contribution < 1.29 is 9.53 Å². The number of nitrogens with zero attached hydrogens (tertiary/aromatic N) is 4. The summed E-state index contributed by atoms with van der Waals surface area (Å²) in [6.45, 7) is 2.50. The average molecular weight is 561 g/mol. The fraction of sp³-hybridized carbons (Fsp3) is 0.120. The van der Waals surface area contributed by atoms with Crippen LogP contribution in [0, 0.1) is 0 Å². The third-order valence-corrected chi connectivity index (χ3v) is 6.70. The van der Waals surface area contributed by atoms with Crippen molar-refractivity contribution >= 4 is 58.7 Å². The number of rotatable bonds is 9. The van der Waals surface area contributed by atoms with Crippen molar-refractivity contribution in [2.24, 2.45) is 5.10 Å². The number of nitrogens with one attached hydrogen (secondary N) is 1. The van der Waals surface area contributed by atoms with Crippen LogP contribution in [-0.2, 0) is 4.79 Å². The Morgan fingerprint density at radius 1 is 1.03 bits per heavy atom. The van der Waals surface area contributed by atoms with Gasteiger partial charge in [0.05, 0.1) is 28.6 Å². The first-order chi connectivity index (χ1) is 17.5. The van der Waals surface area contributed by atoms with Crippen LogP contribution >= 0.6 is 46.6 Å². The normalized spacial score (nSPS) is 11.1. The number of hydrazone groups is 1. The van der Waals surface area contributed by atoms with E-state index in [1.165, 1.54) is 18.0 Å². The van der Waals surface area contributed by atoms with Crippen LogP contribution in [0.15, 0.2) is 77.0 Å². The number of benzene rings is 3. The molecule has 0 aliphatic carbocycles. The van der Waals surface area contributed by atoms with Crippen molar-refractivity contribution in [2.75, 3.05) is 12.4 Å². The van der Waals surface area contributed by atoms with E-state index in [0.717, 1.165) is 17.0 Å². The largest absolute Gasteiger partial charge is 0.494 e. The van der Waals surface area contributed by atoms with Gasteiger partial charge in [-0.05, 0) is 67.6 Å². The monoisotopic (exact) mass is 559 g/mol. The lowest BCUT2D eigenvalue weighted by molar-refractivity contribution is -0.118. The second kappa shape index (κ2) is 12.3. The summed E-state index contributed by atoms with van der Waals surface area (Å²) in [5.74, 6) is 1.11. The predicted octanol–water partition coefficient (Wildman–Crippen LogP) is 6.54. The Bertz CT molecular complexity index is 1360. The molecule has 11 heteroatoms. The maximum atomic E-state index is 12.5. The minimum atomic E-state index is -0.325. The van der Waals surface area contributed by atoms with Gasteiger partial charge in [0.15, 0.2) is 11.0 Å². The number of thioether (sulfide) groups is 1. The van der Waals surface area contributed by atoms with Gasteiger partial charge in [0.1, 0.15) is 5.75 Å². The van der Waals surface area contributed by atoms with E-state index >= 15 is 0 Å². The van der Waals surface area contributed by atoms with Gasteiger partial charge < -0.3 is 4.74 Å². The number of carbonyl (C=O) groups excluding carboxylic acids is 1. The fourth-order valence-corrected chi connectivity index (χ4v) is 4.57. The Hall–Kier alpha value is -3.04. The van der Waals surface area contributed by atoms with E-state index < -0.39 is 0 Å². The molecule has 1 heterocycles. The topological polar surface area (TPSA) is 81.4 Å². The number of hydrogen-bond acceptors (Lipinski definition) is 6. The summed E-state index contributed by atoms with van der Waals surface area (Å²) in [5, 5.41) is 14.7. The fourth-order valence-electron chi connectivity index (χ4n) is 3.21. The minimum absolute atomic E-state index is 0.0589.